The van der Waals surface area contributed by atoms with Gasteiger partial charge in [0.1, 0.15) is 5.78 Å². The van der Waals surface area contributed by atoms with E-state index in [1.54, 1.807) is 0 Å². The van der Waals surface area contributed by atoms with Gasteiger partial charge in [0.15, 0.2) is 0 Å². The summed E-state index contributed by atoms with van der Waals surface area (Å²) in [5.41, 5.74) is 1.93. The molecule has 170 valence electrons. The van der Waals surface area contributed by atoms with E-state index in [2.05, 4.69) is 88.4 Å². The summed E-state index contributed by atoms with van der Waals surface area (Å²) in [7, 11) is -0.317. The number of ketones is 1. The van der Waals surface area contributed by atoms with E-state index in [0.29, 0.717) is 12.2 Å². The van der Waals surface area contributed by atoms with Crippen molar-refractivity contribution < 1.29 is 14.1 Å². The molecule has 0 unspecified atom stereocenters. The van der Waals surface area contributed by atoms with Gasteiger partial charge in [-0.2, -0.15) is 0 Å². The molecule has 1 aliphatic heterocycles. The van der Waals surface area contributed by atoms with Crippen LogP contribution in [-0.4, -0.2) is 24.1 Å². The Balaban J connectivity index is 1.48. The lowest BCUT2D eigenvalue weighted by Gasteiger charge is -2.49. The molecule has 0 N–H and O–H groups in total. The second-order valence-electron chi connectivity index (χ2n) is 10.7. The predicted molar refractivity (Wildman–Crippen MR) is 131 cm³/mol. The molecule has 1 heterocycles. The molecule has 4 heteroatoms. The van der Waals surface area contributed by atoms with Gasteiger partial charge < -0.3 is 9.31 Å². The lowest BCUT2D eigenvalue weighted by atomic mass is 9.39. The highest BCUT2D eigenvalue weighted by Crippen LogP contribution is 2.61. The minimum Gasteiger partial charge on any atom is -0.403 e. The maximum atomic E-state index is 12.9. The van der Waals surface area contributed by atoms with Crippen LogP contribution in [-0.2, 0) is 26.9 Å². The van der Waals surface area contributed by atoms with E-state index in [4.69, 9.17) is 9.31 Å². The number of carbonyl (C=O) groups excluding carboxylic acids is 1. The summed E-state index contributed by atoms with van der Waals surface area (Å²) < 4.78 is 13.1. The summed E-state index contributed by atoms with van der Waals surface area (Å²) in [6.45, 7) is 8.43. The van der Waals surface area contributed by atoms with Crippen LogP contribution in [0.5, 0.6) is 0 Å². The topological polar surface area (TPSA) is 35.5 Å². The molecule has 0 bridgehead atoms. The van der Waals surface area contributed by atoms with Gasteiger partial charge in [-0.05, 0) is 77.3 Å². The van der Waals surface area contributed by atoms with E-state index in [1.165, 1.54) is 11.1 Å². The average Bonchev–Trinajstić information content (AvgIpc) is 2.99. The lowest BCUT2D eigenvalue weighted by Crippen LogP contribution is -2.53. The number of hydrogen-bond acceptors (Lipinski definition) is 3. The van der Waals surface area contributed by atoms with Crippen molar-refractivity contribution in [2.24, 2.45) is 5.92 Å². The first-order valence-corrected chi connectivity index (χ1v) is 12.2. The molecule has 4 rings (SSSR count). The zero-order chi connectivity index (χ0) is 22.8. The van der Waals surface area contributed by atoms with Crippen molar-refractivity contribution in [2.75, 3.05) is 0 Å². The molecule has 1 saturated carbocycles. The van der Waals surface area contributed by atoms with Gasteiger partial charge in [-0.15, -0.1) is 0 Å². The van der Waals surface area contributed by atoms with Crippen LogP contribution in [0.1, 0.15) is 70.9 Å². The Hall–Kier alpha value is -1.91. The molecular weight excluding hydrogens is 395 g/mol. The van der Waals surface area contributed by atoms with Crippen molar-refractivity contribution in [3.05, 3.63) is 71.8 Å². The molecule has 0 radical (unpaired) electrons. The highest BCUT2D eigenvalue weighted by molar-refractivity contribution is 6.52. The van der Waals surface area contributed by atoms with Crippen molar-refractivity contribution in [3.8, 4) is 0 Å². The van der Waals surface area contributed by atoms with Crippen LogP contribution in [0, 0.1) is 5.92 Å². The van der Waals surface area contributed by atoms with Crippen molar-refractivity contribution in [1.82, 2.24) is 0 Å². The van der Waals surface area contributed by atoms with Crippen molar-refractivity contribution >= 4 is 12.9 Å². The Kier molecular flexibility index (Phi) is 6.65. The summed E-state index contributed by atoms with van der Waals surface area (Å²) in [4.78, 5) is 12.9. The first kappa shape index (κ1) is 23.3. The van der Waals surface area contributed by atoms with Crippen LogP contribution >= 0.6 is 0 Å². The Morgan fingerprint density at radius 3 is 1.81 bits per heavy atom. The molecule has 2 atom stereocenters. The van der Waals surface area contributed by atoms with Crippen LogP contribution in [0.4, 0.5) is 0 Å². The van der Waals surface area contributed by atoms with Gasteiger partial charge in [0.2, 0.25) is 0 Å². The molecule has 0 spiro atoms. The molecule has 2 fully saturated rings. The van der Waals surface area contributed by atoms with Gasteiger partial charge >= 0.3 is 7.12 Å². The monoisotopic (exact) mass is 432 g/mol. The largest absolute Gasteiger partial charge is 0.465 e. The first-order valence-electron chi connectivity index (χ1n) is 12.2. The van der Waals surface area contributed by atoms with Crippen LogP contribution < -0.4 is 0 Å². The van der Waals surface area contributed by atoms with E-state index in [0.717, 1.165) is 38.5 Å². The van der Waals surface area contributed by atoms with Crippen LogP contribution in [0.3, 0.4) is 0 Å². The third-order valence-electron chi connectivity index (χ3n) is 8.06. The zero-order valence-corrected chi connectivity index (χ0v) is 20.1. The third kappa shape index (κ3) is 4.58. The van der Waals surface area contributed by atoms with Gasteiger partial charge in [-0.1, -0.05) is 60.7 Å². The number of carbonyl (C=O) groups is 1. The van der Waals surface area contributed by atoms with Gasteiger partial charge in [0.25, 0.3) is 0 Å². The highest BCUT2D eigenvalue weighted by Gasteiger charge is 2.67. The van der Waals surface area contributed by atoms with Crippen LogP contribution in [0.25, 0.3) is 0 Å². The summed E-state index contributed by atoms with van der Waals surface area (Å²) in [6.07, 6.45) is 6.52. The van der Waals surface area contributed by atoms with Crippen LogP contribution in [0.2, 0.25) is 5.31 Å². The van der Waals surface area contributed by atoms with Gasteiger partial charge in [-0.25, -0.2) is 0 Å². The van der Waals surface area contributed by atoms with Crippen molar-refractivity contribution in [1.29, 1.82) is 0 Å². The maximum Gasteiger partial charge on any atom is 0.465 e. The fourth-order valence-corrected chi connectivity index (χ4v) is 5.34. The fourth-order valence-electron chi connectivity index (χ4n) is 5.34. The summed E-state index contributed by atoms with van der Waals surface area (Å²) in [6, 6.07) is 21.2. The number of benzene rings is 2. The summed E-state index contributed by atoms with van der Waals surface area (Å²) in [5, 5.41) is -0.215. The third-order valence-corrected chi connectivity index (χ3v) is 8.06. The molecule has 3 nitrogen and oxygen atoms in total. The van der Waals surface area contributed by atoms with E-state index in [1.807, 2.05) is 0 Å². The fraction of sp³-hybridized carbons (Fsp3) is 0.536. The minimum absolute atomic E-state index is 0.0247. The molecule has 0 amide bonds. The molecule has 1 saturated heterocycles. The van der Waals surface area contributed by atoms with Gasteiger partial charge in [0, 0.05) is 17.7 Å². The molecule has 2 aliphatic rings. The van der Waals surface area contributed by atoms with Crippen molar-refractivity contribution in [2.45, 2.75) is 89.2 Å². The normalized spacial score (nSPS) is 26.2. The molecule has 32 heavy (non-hydrogen) atoms. The van der Waals surface area contributed by atoms with Gasteiger partial charge in [0.05, 0.1) is 11.2 Å². The zero-order valence-electron chi connectivity index (χ0n) is 20.1. The number of Topliss-reactive ketones (excluding diaryl/α,β-unsaturated/α-hetero) is 1. The highest BCUT2D eigenvalue weighted by atomic mass is 16.7. The smallest absolute Gasteiger partial charge is 0.403 e. The van der Waals surface area contributed by atoms with E-state index in [-0.39, 0.29) is 29.6 Å². The SMILES string of the molecule is CC1(C)OB([C@@]2(CCCc3ccccc3)CC(=O)[C@H]2CCCc2ccccc2)OC1(C)C. The molecule has 2 aromatic carbocycles. The van der Waals surface area contributed by atoms with Crippen molar-refractivity contribution in [3.63, 3.8) is 0 Å². The summed E-state index contributed by atoms with van der Waals surface area (Å²) in [5.74, 6) is 0.407. The lowest BCUT2D eigenvalue weighted by molar-refractivity contribution is -0.135. The Bertz CT molecular complexity index is 893. The van der Waals surface area contributed by atoms with Crippen LogP contribution in [0.15, 0.2) is 60.7 Å². The van der Waals surface area contributed by atoms with Gasteiger partial charge in [-0.3, -0.25) is 4.79 Å². The summed E-state index contributed by atoms with van der Waals surface area (Å²) >= 11 is 0. The molecule has 2 aromatic rings. The molecule has 0 aromatic heterocycles. The second kappa shape index (κ2) is 9.15. The molecule has 1 aliphatic carbocycles. The van der Waals surface area contributed by atoms with E-state index < -0.39 is 0 Å². The Labute approximate surface area is 194 Å². The number of hydrogen-bond donors (Lipinski definition) is 0. The minimum atomic E-state index is -0.378. The average molecular weight is 432 g/mol. The quantitative estimate of drug-likeness (QED) is 0.427. The maximum absolute atomic E-state index is 12.9. The van der Waals surface area contributed by atoms with E-state index >= 15 is 0 Å². The van der Waals surface area contributed by atoms with E-state index in [9.17, 15) is 4.79 Å². The molecular formula is C28H37BO3. The number of rotatable bonds is 9. The first-order chi connectivity index (χ1) is 15.2. The predicted octanol–water partition coefficient (Wildman–Crippen LogP) is 6.45. The Morgan fingerprint density at radius 2 is 1.31 bits per heavy atom. The Morgan fingerprint density at radius 1 is 0.812 bits per heavy atom. The standard InChI is InChI=1S/C28H37BO3/c1-26(2)27(3,4)32-29(31-26)28(20-12-18-23-15-9-6-10-16-23)21-25(30)24(28)19-11-17-22-13-7-5-8-14-22/h5-10,13-16,24H,11-12,17-21H2,1-4H3/t24-,28+/m1/s1. The number of aryl methyl sites for hydroxylation is 2. The second-order valence-corrected chi connectivity index (χ2v) is 10.7.